The van der Waals surface area contributed by atoms with Gasteiger partial charge in [-0.15, -0.1) is 0 Å². The van der Waals surface area contributed by atoms with Gasteiger partial charge in [0.25, 0.3) is 5.91 Å². The monoisotopic (exact) mass is 357 g/mol. The Morgan fingerprint density at radius 3 is 2.46 bits per heavy atom. The number of carbonyl (C=O) groups is 1. The molecule has 0 aromatic heterocycles. The quantitative estimate of drug-likeness (QED) is 0.732. The molecule has 1 atom stereocenters. The molecule has 3 N–H and O–H groups in total. The number of anilines is 1. The zero-order chi connectivity index (χ0) is 17.1. The van der Waals surface area contributed by atoms with Crippen LogP contribution in [-0.2, 0) is 4.79 Å². The van der Waals surface area contributed by atoms with Crippen LogP contribution in [-0.4, -0.2) is 11.0 Å². The largest absolute Gasteiger partial charge is 0.351 e. The van der Waals surface area contributed by atoms with E-state index in [1.54, 1.807) is 24.3 Å². The van der Waals surface area contributed by atoms with E-state index in [1.165, 1.54) is 0 Å². The molecule has 0 saturated carbocycles. The third-order valence-electron chi connectivity index (χ3n) is 3.75. The van der Waals surface area contributed by atoms with Crippen molar-refractivity contribution in [3.63, 3.8) is 0 Å². The summed E-state index contributed by atoms with van der Waals surface area (Å²) in [6.45, 7) is 1.85. The van der Waals surface area contributed by atoms with Gasteiger partial charge in [-0.1, -0.05) is 41.9 Å². The van der Waals surface area contributed by atoms with E-state index in [0.29, 0.717) is 21.4 Å². The molecule has 24 heavy (non-hydrogen) atoms. The number of hydrogen-bond acceptors (Lipinski definition) is 2. The molecule has 1 aliphatic heterocycles. The first-order valence-electron chi connectivity index (χ1n) is 7.45. The second kappa shape index (κ2) is 7.03. The summed E-state index contributed by atoms with van der Waals surface area (Å²) in [7, 11) is 0. The zero-order valence-electron chi connectivity index (χ0n) is 13.0. The predicted molar refractivity (Wildman–Crippen MR) is 101 cm³/mol. The molecule has 3 rings (SSSR count). The summed E-state index contributed by atoms with van der Waals surface area (Å²) >= 11 is 11.1. The standard InChI is InChI=1S/C18H16ClN3OS/c1-11-15(17(23)21-14-9-7-13(19)8-10-14)16(22-18(24)20-11)12-5-3-2-4-6-12/h2-10,16H,1H3,(H,21,23)(H2,20,22,24)/t16-/m0/s1. The minimum atomic E-state index is -0.299. The number of benzene rings is 2. The lowest BCUT2D eigenvalue weighted by atomic mass is 9.95. The number of halogens is 1. The van der Waals surface area contributed by atoms with Crippen LogP contribution in [0.2, 0.25) is 5.02 Å². The molecule has 0 unspecified atom stereocenters. The Balaban J connectivity index is 1.92. The molecule has 2 aromatic carbocycles. The maximum atomic E-state index is 12.8. The van der Waals surface area contributed by atoms with Crippen molar-refractivity contribution in [3.05, 3.63) is 76.5 Å². The number of hydrogen-bond donors (Lipinski definition) is 3. The summed E-state index contributed by atoms with van der Waals surface area (Å²) in [6.07, 6.45) is 0. The van der Waals surface area contributed by atoms with E-state index >= 15 is 0 Å². The average molecular weight is 358 g/mol. The molecule has 6 heteroatoms. The Hall–Kier alpha value is -2.37. The van der Waals surface area contributed by atoms with E-state index in [4.69, 9.17) is 23.8 Å². The van der Waals surface area contributed by atoms with Crippen LogP contribution >= 0.6 is 23.8 Å². The molecule has 2 aromatic rings. The molecule has 0 aliphatic carbocycles. The molecule has 0 bridgehead atoms. The third-order valence-corrected chi connectivity index (χ3v) is 4.22. The molecule has 1 heterocycles. The normalized spacial score (nSPS) is 17.1. The molecule has 122 valence electrons. The van der Waals surface area contributed by atoms with Crippen LogP contribution in [0.4, 0.5) is 5.69 Å². The van der Waals surface area contributed by atoms with Crippen LogP contribution < -0.4 is 16.0 Å². The molecule has 0 radical (unpaired) electrons. The predicted octanol–water partition coefficient (Wildman–Crippen LogP) is 3.77. The van der Waals surface area contributed by atoms with E-state index in [2.05, 4.69) is 16.0 Å². The highest BCUT2D eigenvalue weighted by atomic mass is 35.5. The molecule has 1 aliphatic rings. The van der Waals surface area contributed by atoms with Crippen molar-refractivity contribution in [2.75, 3.05) is 5.32 Å². The van der Waals surface area contributed by atoms with Crippen LogP contribution in [0.3, 0.4) is 0 Å². The first kappa shape index (κ1) is 16.5. The van der Waals surface area contributed by atoms with Crippen molar-refractivity contribution in [3.8, 4) is 0 Å². The van der Waals surface area contributed by atoms with Crippen molar-refractivity contribution in [1.29, 1.82) is 0 Å². The van der Waals surface area contributed by atoms with Crippen molar-refractivity contribution >= 4 is 40.5 Å². The molecular formula is C18H16ClN3OS. The fraction of sp³-hybridized carbons (Fsp3) is 0.111. The summed E-state index contributed by atoms with van der Waals surface area (Å²) in [4.78, 5) is 12.8. The Labute approximate surface area is 150 Å². The SMILES string of the molecule is CC1=C(C(=O)Nc2ccc(Cl)cc2)[C@H](c2ccccc2)NC(=S)N1. The van der Waals surface area contributed by atoms with Crippen molar-refractivity contribution in [2.24, 2.45) is 0 Å². The van der Waals surface area contributed by atoms with Gasteiger partial charge in [0.2, 0.25) is 0 Å². The summed E-state index contributed by atoms with van der Waals surface area (Å²) in [5.41, 5.74) is 3.00. The molecule has 0 fully saturated rings. The van der Waals surface area contributed by atoms with Crippen LogP contribution in [0.1, 0.15) is 18.5 Å². The van der Waals surface area contributed by atoms with Crippen LogP contribution in [0.25, 0.3) is 0 Å². The van der Waals surface area contributed by atoms with Crippen molar-refractivity contribution in [1.82, 2.24) is 10.6 Å². The van der Waals surface area contributed by atoms with Crippen molar-refractivity contribution in [2.45, 2.75) is 13.0 Å². The summed E-state index contributed by atoms with van der Waals surface area (Å²) < 4.78 is 0. The van der Waals surface area contributed by atoms with E-state index in [9.17, 15) is 4.79 Å². The summed E-state index contributed by atoms with van der Waals surface area (Å²) in [5.74, 6) is -0.189. The summed E-state index contributed by atoms with van der Waals surface area (Å²) in [6, 6.07) is 16.4. The minimum Gasteiger partial charge on any atom is -0.351 e. The van der Waals surface area contributed by atoms with Gasteiger partial charge >= 0.3 is 0 Å². The van der Waals surface area contributed by atoms with E-state index in [-0.39, 0.29) is 11.9 Å². The minimum absolute atomic E-state index is 0.189. The lowest BCUT2D eigenvalue weighted by molar-refractivity contribution is -0.113. The Kier molecular flexibility index (Phi) is 4.83. The van der Waals surface area contributed by atoms with Crippen molar-refractivity contribution < 1.29 is 4.79 Å². The van der Waals surface area contributed by atoms with Gasteiger partial charge in [0, 0.05) is 16.4 Å². The van der Waals surface area contributed by atoms with Gasteiger partial charge in [0.15, 0.2) is 5.11 Å². The Morgan fingerprint density at radius 1 is 1.12 bits per heavy atom. The van der Waals surface area contributed by atoms with Gasteiger partial charge < -0.3 is 16.0 Å². The Morgan fingerprint density at radius 2 is 1.79 bits per heavy atom. The highest BCUT2D eigenvalue weighted by Crippen LogP contribution is 2.27. The van der Waals surface area contributed by atoms with Crippen LogP contribution in [0.15, 0.2) is 65.9 Å². The Bertz CT molecular complexity index is 803. The first-order chi connectivity index (χ1) is 11.5. The number of nitrogens with one attached hydrogen (secondary N) is 3. The second-order valence-electron chi connectivity index (χ2n) is 5.44. The first-order valence-corrected chi connectivity index (χ1v) is 8.23. The fourth-order valence-corrected chi connectivity index (χ4v) is 3.02. The van der Waals surface area contributed by atoms with Gasteiger partial charge in [-0.2, -0.15) is 0 Å². The van der Waals surface area contributed by atoms with Gasteiger partial charge in [0.05, 0.1) is 11.6 Å². The van der Waals surface area contributed by atoms with E-state index in [0.717, 1.165) is 11.3 Å². The number of carbonyl (C=O) groups excluding carboxylic acids is 1. The topological polar surface area (TPSA) is 53.2 Å². The second-order valence-corrected chi connectivity index (χ2v) is 6.29. The smallest absolute Gasteiger partial charge is 0.255 e. The molecule has 0 saturated heterocycles. The number of allylic oxidation sites excluding steroid dienone is 1. The third kappa shape index (κ3) is 3.58. The van der Waals surface area contributed by atoms with Gasteiger partial charge in [0.1, 0.15) is 0 Å². The van der Waals surface area contributed by atoms with Gasteiger partial charge in [-0.05, 0) is 49.0 Å². The van der Waals surface area contributed by atoms with Crippen LogP contribution in [0.5, 0.6) is 0 Å². The van der Waals surface area contributed by atoms with Gasteiger partial charge in [-0.3, -0.25) is 4.79 Å². The van der Waals surface area contributed by atoms with Gasteiger partial charge in [-0.25, -0.2) is 0 Å². The lowest BCUT2D eigenvalue weighted by Gasteiger charge is -2.30. The molecule has 1 amide bonds. The average Bonchev–Trinajstić information content (AvgIpc) is 2.57. The van der Waals surface area contributed by atoms with E-state index in [1.807, 2.05) is 37.3 Å². The summed E-state index contributed by atoms with van der Waals surface area (Å²) in [5, 5.41) is 10.2. The lowest BCUT2D eigenvalue weighted by Crippen LogP contribution is -2.45. The molecule has 0 spiro atoms. The highest BCUT2D eigenvalue weighted by molar-refractivity contribution is 7.80. The maximum Gasteiger partial charge on any atom is 0.255 e. The molecule has 4 nitrogen and oxygen atoms in total. The molecular weight excluding hydrogens is 342 g/mol. The number of rotatable bonds is 3. The fourth-order valence-electron chi connectivity index (χ4n) is 2.62. The number of amides is 1. The van der Waals surface area contributed by atoms with Crippen LogP contribution in [0, 0.1) is 0 Å². The number of thiocarbonyl (C=S) groups is 1. The highest BCUT2D eigenvalue weighted by Gasteiger charge is 2.29. The zero-order valence-corrected chi connectivity index (χ0v) is 14.5. The maximum absolute atomic E-state index is 12.8. The van der Waals surface area contributed by atoms with E-state index < -0.39 is 0 Å².